The van der Waals surface area contributed by atoms with E-state index in [1.807, 2.05) is 0 Å². The van der Waals surface area contributed by atoms with Gasteiger partial charge in [-0.05, 0) is 17.7 Å². The highest BCUT2D eigenvalue weighted by Crippen LogP contribution is 2.31. The van der Waals surface area contributed by atoms with Gasteiger partial charge >= 0.3 is 0 Å². The van der Waals surface area contributed by atoms with Crippen LogP contribution in [0.1, 0.15) is 11.7 Å². The van der Waals surface area contributed by atoms with Crippen LogP contribution in [0.25, 0.3) is 0 Å². The number of rotatable bonds is 2. The molecule has 5 atom stereocenters. The molecule has 5 nitrogen and oxygen atoms in total. The van der Waals surface area contributed by atoms with E-state index in [9.17, 15) is 15.3 Å². The Morgan fingerprint density at radius 2 is 1.94 bits per heavy atom. The summed E-state index contributed by atoms with van der Waals surface area (Å²) in [5.41, 5.74) is 0.643. The highest BCUT2D eigenvalue weighted by Gasteiger charge is 2.43. The average molecular weight is 239 g/mol. The molecule has 1 aliphatic heterocycles. The summed E-state index contributed by atoms with van der Waals surface area (Å²) in [5, 5.41) is 38.1. The topological polar surface area (TPSA) is 90.2 Å². The highest BCUT2D eigenvalue weighted by atomic mass is 16.5. The molecule has 1 saturated heterocycles. The predicted octanol–water partition coefficient (Wildman–Crippen LogP) is -0.998. The number of hydrogen-bond acceptors (Lipinski definition) is 5. The summed E-state index contributed by atoms with van der Waals surface area (Å²) >= 11 is 0. The quantitative estimate of drug-likeness (QED) is 0.531. The predicted molar refractivity (Wildman–Crippen MR) is 58.0 cm³/mol. The van der Waals surface area contributed by atoms with E-state index in [1.54, 1.807) is 24.3 Å². The van der Waals surface area contributed by atoms with Crippen molar-refractivity contribution in [2.45, 2.75) is 30.5 Å². The van der Waals surface area contributed by atoms with Gasteiger partial charge in [0.25, 0.3) is 0 Å². The van der Waals surface area contributed by atoms with E-state index in [2.05, 4.69) is 6.07 Å². The Balaban J connectivity index is 2.23. The average Bonchev–Trinajstić information content (AvgIpc) is 2.37. The Hall–Kier alpha value is -0.980. The Morgan fingerprint density at radius 1 is 1.18 bits per heavy atom. The molecule has 0 saturated carbocycles. The van der Waals surface area contributed by atoms with Crippen molar-refractivity contribution in [3.8, 4) is 0 Å². The largest absolute Gasteiger partial charge is 0.394 e. The van der Waals surface area contributed by atoms with E-state index in [1.165, 1.54) is 0 Å². The molecule has 0 unspecified atom stereocenters. The summed E-state index contributed by atoms with van der Waals surface area (Å²) in [5.74, 6) is 0. The lowest BCUT2D eigenvalue weighted by Crippen LogP contribution is -2.55. The summed E-state index contributed by atoms with van der Waals surface area (Å²) in [6.45, 7) is -0.419. The third-order valence-corrected chi connectivity index (χ3v) is 2.95. The van der Waals surface area contributed by atoms with E-state index < -0.39 is 37.1 Å². The van der Waals surface area contributed by atoms with Gasteiger partial charge in [0, 0.05) is 0 Å². The minimum Gasteiger partial charge on any atom is -0.394 e. The summed E-state index contributed by atoms with van der Waals surface area (Å²) in [7, 11) is 0. The van der Waals surface area contributed by atoms with Gasteiger partial charge in [-0.3, -0.25) is 0 Å². The molecule has 93 valence electrons. The Morgan fingerprint density at radius 3 is 2.53 bits per heavy atom. The fraction of sp³-hybridized carbons (Fsp3) is 0.500. The number of hydrogen-bond donors (Lipinski definition) is 4. The first-order valence-corrected chi connectivity index (χ1v) is 5.41. The number of aliphatic hydroxyl groups is 4. The van der Waals surface area contributed by atoms with Gasteiger partial charge in [0.2, 0.25) is 0 Å². The minimum atomic E-state index is -1.34. The van der Waals surface area contributed by atoms with Crippen LogP contribution in [-0.4, -0.2) is 51.4 Å². The minimum absolute atomic E-state index is 0.419. The molecule has 1 radical (unpaired) electrons. The lowest BCUT2D eigenvalue weighted by atomic mass is 9.91. The Bertz CT molecular complexity index is 353. The summed E-state index contributed by atoms with van der Waals surface area (Å²) in [6.07, 6.45) is -5.55. The second-order valence-electron chi connectivity index (χ2n) is 4.09. The van der Waals surface area contributed by atoms with Gasteiger partial charge in [0.15, 0.2) is 0 Å². The van der Waals surface area contributed by atoms with Crippen molar-refractivity contribution in [3.05, 3.63) is 35.9 Å². The number of aliphatic hydroxyl groups excluding tert-OH is 4. The lowest BCUT2D eigenvalue weighted by Gasteiger charge is -2.40. The van der Waals surface area contributed by atoms with Crippen LogP contribution in [0.2, 0.25) is 0 Å². The van der Waals surface area contributed by atoms with Crippen LogP contribution < -0.4 is 0 Å². The molecule has 2 rings (SSSR count). The fourth-order valence-electron chi connectivity index (χ4n) is 1.96. The van der Waals surface area contributed by atoms with Crippen molar-refractivity contribution in [1.82, 2.24) is 0 Å². The zero-order valence-electron chi connectivity index (χ0n) is 9.10. The van der Waals surface area contributed by atoms with Crippen LogP contribution in [0, 0.1) is 6.07 Å². The molecule has 17 heavy (non-hydrogen) atoms. The normalized spacial score (nSPS) is 38.0. The summed E-state index contributed by atoms with van der Waals surface area (Å²) < 4.78 is 5.39. The van der Waals surface area contributed by atoms with E-state index in [4.69, 9.17) is 9.84 Å². The summed E-state index contributed by atoms with van der Waals surface area (Å²) in [6, 6.07) is 9.63. The third-order valence-electron chi connectivity index (χ3n) is 2.95. The van der Waals surface area contributed by atoms with Gasteiger partial charge in [-0.1, -0.05) is 18.2 Å². The van der Waals surface area contributed by atoms with Crippen LogP contribution in [0.3, 0.4) is 0 Å². The van der Waals surface area contributed by atoms with Crippen molar-refractivity contribution in [3.63, 3.8) is 0 Å². The van der Waals surface area contributed by atoms with Crippen molar-refractivity contribution in [2.75, 3.05) is 6.61 Å². The van der Waals surface area contributed by atoms with Gasteiger partial charge in [-0.2, -0.15) is 0 Å². The van der Waals surface area contributed by atoms with E-state index in [0.29, 0.717) is 5.56 Å². The van der Waals surface area contributed by atoms with Crippen LogP contribution in [0.15, 0.2) is 24.3 Å². The summed E-state index contributed by atoms with van der Waals surface area (Å²) in [4.78, 5) is 0. The molecule has 0 bridgehead atoms. The molecule has 0 aliphatic carbocycles. The molecule has 1 heterocycles. The standard InChI is InChI=1S/C12H15O5/c13-6-8-9(14)10(15)11(16)12(17-8)7-4-2-1-3-5-7/h1-2,4-5,8-16H,6H2/t8-,9-,10+,11+,12-/m1/s1. The van der Waals surface area contributed by atoms with Crippen LogP contribution >= 0.6 is 0 Å². The molecular weight excluding hydrogens is 224 g/mol. The first-order valence-electron chi connectivity index (χ1n) is 5.41. The zero-order valence-corrected chi connectivity index (χ0v) is 9.10. The van der Waals surface area contributed by atoms with Gasteiger partial charge in [-0.15, -0.1) is 0 Å². The maximum Gasteiger partial charge on any atom is 0.113 e. The van der Waals surface area contributed by atoms with Gasteiger partial charge in [0.05, 0.1) is 6.61 Å². The first-order chi connectivity index (χ1) is 8.15. The monoisotopic (exact) mass is 239 g/mol. The highest BCUT2D eigenvalue weighted by molar-refractivity contribution is 5.19. The number of ether oxygens (including phenoxy) is 1. The second kappa shape index (κ2) is 5.12. The molecule has 4 N–H and O–H groups in total. The molecular formula is C12H15O5. The Labute approximate surface area is 98.9 Å². The van der Waals surface area contributed by atoms with Crippen molar-refractivity contribution >= 4 is 0 Å². The molecule has 1 fully saturated rings. The number of benzene rings is 1. The third kappa shape index (κ3) is 2.34. The van der Waals surface area contributed by atoms with Crippen molar-refractivity contribution in [2.24, 2.45) is 0 Å². The van der Waals surface area contributed by atoms with Crippen molar-refractivity contribution < 1.29 is 25.2 Å². The van der Waals surface area contributed by atoms with E-state index in [0.717, 1.165) is 0 Å². The molecule has 1 aromatic rings. The van der Waals surface area contributed by atoms with Gasteiger partial charge < -0.3 is 25.2 Å². The van der Waals surface area contributed by atoms with Crippen molar-refractivity contribution in [1.29, 1.82) is 0 Å². The second-order valence-corrected chi connectivity index (χ2v) is 4.09. The van der Waals surface area contributed by atoms with Crippen LogP contribution in [0.5, 0.6) is 0 Å². The van der Waals surface area contributed by atoms with Crippen LogP contribution in [0.4, 0.5) is 0 Å². The van der Waals surface area contributed by atoms with E-state index in [-0.39, 0.29) is 0 Å². The zero-order chi connectivity index (χ0) is 12.4. The molecule has 0 aromatic heterocycles. The fourth-order valence-corrected chi connectivity index (χ4v) is 1.96. The first kappa shape index (κ1) is 12.5. The molecule has 1 aromatic carbocycles. The molecule has 1 aliphatic rings. The smallest absolute Gasteiger partial charge is 0.113 e. The maximum absolute atomic E-state index is 9.84. The van der Waals surface area contributed by atoms with E-state index >= 15 is 0 Å². The SMILES string of the molecule is OC[C@H]1O[C@H](c2c[c]ccc2)[C@@H](O)[C@@H](O)[C@@H]1O. The van der Waals surface area contributed by atoms with Gasteiger partial charge in [-0.25, -0.2) is 0 Å². The van der Waals surface area contributed by atoms with Gasteiger partial charge in [0.1, 0.15) is 30.5 Å². The Kier molecular flexibility index (Phi) is 3.76. The molecule has 0 amide bonds. The molecule has 0 spiro atoms. The van der Waals surface area contributed by atoms with Crippen LogP contribution in [-0.2, 0) is 4.74 Å². The maximum atomic E-state index is 9.84. The molecule has 5 heteroatoms. The lowest BCUT2D eigenvalue weighted by molar-refractivity contribution is -0.231.